The van der Waals surface area contributed by atoms with Crippen LogP contribution in [0.4, 0.5) is 5.69 Å². The van der Waals surface area contributed by atoms with Gasteiger partial charge in [0.25, 0.3) is 0 Å². The number of hydrogen-bond donors (Lipinski definition) is 1. The van der Waals surface area contributed by atoms with Gasteiger partial charge in [-0.2, -0.15) is 0 Å². The number of rotatable bonds is 8. The van der Waals surface area contributed by atoms with Gasteiger partial charge in [-0.3, -0.25) is 4.79 Å². The highest BCUT2D eigenvalue weighted by atomic mass is 16.1. The first-order valence-electron chi connectivity index (χ1n) is 9.23. The Kier molecular flexibility index (Phi) is 6.26. The van der Waals surface area contributed by atoms with Crippen LogP contribution >= 0.6 is 0 Å². The summed E-state index contributed by atoms with van der Waals surface area (Å²) in [5.74, 6) is 0.125. The Morgan fingerprint density at radius 2 is 1.65 bits per heavy atom. The maximum Gasteiger partial charge on any atom is 0.220 e. The average Bonchev–Trinajstić information content (AvgIpc) is 2.70. The third kappa shape index (κ3) is 4.85. The number of benzene rings is 3. The highest BCUT2D eigenvalue weighted by Crippen LogP contribution is 2.19. The molecule has 3 nitrogen and oxygen atoms in total. The number of anilines is 1. The van der Waals surface area contributed by atoms with E-state index in [1.807, 2.05) is 24.3 Å². The van der Waals surface area contributed by atoms with E-state index in [0.29, 0.717) is 13.0 Å². The molecular weight excluding hydrogens is 320 g/mol. The monoisotopic (exact) mass is 346 g/mol. The number of fused-ring (bicyclic) bond motifs is 1. The molecule has 0 aromatic heterocycles. The Morgan fingerprint density at radius 1 is 0.923 bits per heavy atom. The fourth-order valence-electron chi connectivity index (χ4n) is 3.20. The quantitative estimate of drug-likeness (QED) is 0.613. The van der Waals surface area contributed by atoms with E-state index in [2.05, 4.69) is 65.8 Å². The van der Waals surface area contributed by atoms with Crippen molar-refractivity contribution < 1.29 is 4.79 Å². The van der Waals surface area contributed by atoms with Crippen LogP contribution in [0.3, 0.4) is 0 Å². The van der Waals surface area contributed by atoms with E-state index in [9.17, 15) is 4.79 Å². The third-order valence-corrected chi connectivity index (χ3v) is 4.69. The van der Waals surface area contributed by atoms with Crippen molar-refractivity contribution in [3.05, 3.63) is 78.4 Å². The number of amides is 1. The summed E-state index contributed by atoms with van der Waals surface area (Å²) in [5.41, 5.74) is 2.44. The number of carbonyl (C=O) groups excluding carboxylic acids is 1. The predicted molar refractivity (Wildman–Crippen MR) is 110 cm³/mol. The molecular formula is C23H26N2O. The molecule has 0 atom stereocenters. The van der Waals surface area contributed by atoms with Crippen molar-refractivity contribution in [1.29, 1.82) is 0 Å². The van der Waals surface area contributed by atoms with E-state index in [0.717, 1.165) is 19.4 Å². The number of hydrogen-bond acceptors (Lipinski definition) is 2. The van der Waals surface area contributed by atoms with Gasteiger partial charge in [0.05, 0.1) is 0 Å². The van der Waals surface area contributed by atoms with Crippen molar-refractivity contribution in [1.82, 2.24) is 5.32 Å². The molecule has 3 aromatic carbocycles. The molecule has 1 amide bonds. The first-order chi connectivity index (χ1) is 12.7. The van der Waals surface area contributed by atoms with Crippen molar-refractivity contribution in [3.63, 3.8) is 0 Å². The minimum absolute atomic E-state index is 0.125. The Labute approximate surface area is 155 Å². The standard InChI is InChI=1S/C23H26N2O/c1-25(21-12-3-2-4-13-21)18-8-17-24-23(26)16-15-20-11-7-10-19-9-5-6-14-22(19)20/h2-7,9-14H,8,15-18H2,1H3,(H,24,26). The molecule has 134 valence electrons. The first-order valence-corrected chi connectivity index (χ1v) is 9.23. The molecule has 3 heteroatoms. The van der Waals surface area contributed by atoms with Crippen LogP contribution < -0.4 is 10.2 Å². The molecule has 0 saturated carbocycles. The Bertz CT molecular complexity index is 840. The van der Waals surface area contributed by atoms with E-state index >= 15 is 0 Å². The van der Waals surface area contributed by atoms with Gasteiger partial charge >= 0.3 is 0 Å². The lowest BCUT2D eigenvalue weighted by Crippen LogP contribution is -2.28. The zero-order valence-corrected chi connectivity index (χ0v) is 15.3. The van der Waals surface area contributed by atoms with E-state index in [-0.39, 0.29) is 5.91 Å². The molecule has 0 heterocycles. The van der Waals surface area contributed by atoms with Crippen LogP contribution in [0.15, 0.2) is 72.8 Å². The van der Waals surface area contributed by atoms with Crippen LogP contribution in [0.1, 0.15) is 18.4 Å². The van der Waals surface area contributed by atoms with Crippen LogP contribution in [0.2, 0.25) is 0 Å². The molecule has 1 N–H and O–H groups in total. The van der Waals surface area contributed by atoms with Gasteiger partial charge in [-0.15, -0.1) is 0 Å². The smallest absolute Gasteiger partial charge is 0.220 e. The van der Waals surface area contributed by atoms with Gasteiger partial charge in [-0.25, -0.2) is 0 Å². The van der Waals surface area contributed by atoms with Crippen molar-refractivity contribution in [2.45, 2.75) is 19.3 Å². The molecule has 0 saturated heterocycles. The maximum atomic E-state index is 12.1. The molecule has 0 aliphatic carbocycles. The summed E-state index contributed by atoms with van der Waals surface area (Å²) < 4.78 is 0. The van der Waals surface area contributed by atoms with E-state index in [4.69, 9.17) is 0 Å². The van der Waals surface area contributed by atoms with E-state index in [1.165, 1.54) is 22.0 Å². The van der Waals surface area contributed by atoms with E-state index < -0.39 is 0 Å². The molecule has 0 spiro atoms. The second-order valence-electron chi connectivity index (χ2n) is 6.60. The summed E-state index contributed by atoms with van der Waals surface area (Å²) in [7, 11) is 2.08. The van der Waals surface area contributed by atoms with Gasteiger partial charge in [-0.05, 0) is 41.3 Å². The SMILES string of the molecule is CN(CCCNC(=O)CCc1cccc2ccccc12)c1ccccc1. The minimum atomic E-state index is 0.125. The zero-order valence-electron chi connectivity index (χ0n) is 15.3. The number of nitrogens with zero attached hydrogens (tertiary/aromatic N) is 1. The van der Waals surface area contributed by atoms with Crippen LogP contribution in [0.25, 0.3) is 10.8 Å². The molecule has 0 unspecified atom stereocenters. The summed E-state index contributed by atoms with van der Waals surface area (Å²) in [6.45, 7) is 1.64. The Balaban J connectivity index is 1.40. The van der Waals surface area contributed by atoms with Crippen molar-refractivity contribution in [3.8, 4) is 0 Å². The summed E-state index contributed by atoms with van der Waals surface area (Å²) >= 11 is 0. The van der Waals surface area contributed by atoms with Crippen molar-refractivity contribution in [2.24, 2.45) is 0 Å². The molecule has 26 heavy (non-hydrogen) atoms. The molecule has 0 aliphatic rings. The van der Waals surface area contributed by atoms with Gasteiger partial charge < -0.3 is 10.2 Å². The maximum absolute atomic E-state index is 12.1. The second-order valence-corrected chi connectivity index (χ2v) is 6.60. The lowest BCUT2D eigenvalue weighted by Gasteiger charge is -2.19. The molecule has 0 fully saturated rings. The summed E-state index contributed by atoms with van der Waals surface area (Å²) in [6.07, 6.45) is 2.24. The van der Waals surface area contributed by atoms with Gasteiger partial charge in [0.15, 0.2) is 0 Å². The van der Waals surface area contributed by atoms with Crippen molar-refractivity contribution >= 4 is 22.4 Å². The van der Waals surface area contributed by atoms with Gasteiger partial charge in [-0.1, -0.05) is 60.7 Å². The molecule has 3 rings (SSSR count). The number of para-hydroxylation sites is 1. The highest BCUT2D eigenvalue weighted by molar-refractivity contribution is 5.86. The average molecular weight is 346 g/mol. The second kappa shape index (κ2) is 9.04. The molecule has 0 aliphatic heterocycles. The van der Waals surface area contributed by atoms with E-state index in [1.54, 1.807) is 0 Å². The Hall–Kier alpha value is -2.81. The topological polar surface area (TPSA) is 32.3 Å². The zero-order chi connectivity index (χ0) is 18.2. The van der Waals surface area contributed by atoms with Crippen LogP contribution in [0, 0.1) is 0 Å². The normalized spacial score (nSPS) is 10.7. The third-order valence-electron chi connectivity index (χ3n) is 4.69. The van der Waals surface area contributed by atoms with Crippen molar-refractivity contribution in [2.75, 3.05) is 25.0 Å². The Morgan fingerprint density at radius 3 is 2.50 bits per heavy atom. The summed E-state index contributed by atoms with van der Waals surface area (Å²) in [6, 6.07) is 24.9. The number of aryl methyl sites for hydroxylation is 1. The highest BCUT2D eigenvalue weighted by Gasteiger charge is 2.05. The minimum Gasteiger partial charge on any atom is -0.375 e. The predicted octanol–water partition coefficient (Wildman–Crippen LogP) is 4.42. The van der Waals surface area contributed by atoms with Gasteiger partial charge in [0, 0.05) is 32.2 Å². The van der Waals surface area contributed by atoms with Crippen LogP contribution in [-0.4, -0.2) is 26.0 Å². The lowest BCUT2D eigenvalue weighted by molar-refractivity contribution is -0.121. The van der Waals surface area contributed by atoms with Crippen LogP contribution in [0.5, 0.6) is 0 Å². The number of carbonyl (C=O) groups is 1. The fourth-order valence-corrected chi connectivity index (χ4v) is 3.20. The van der Waals surface area contributed by atoms with Crippen LogP contribution in [-0.2, 0) is 11.2 Å². The summed E-state index contributed by atoms with van der Waals surface area (Å²) in [4.78, 5) is 14.4. The largest absolute Gasteiger partial charge is 0.375 e. The molecule has 0 radical (unpaired) electrons. The molecule has 0 bridgehead atoms. The van der Waals surface area contributed by atoms with Gasteiger partial charge in [0.2, 0.25) is 5.91 Å². The summed E-state index contributed by atoms with van der Waals surface area (Å²) in [5, 5.41) is 5.52. The lowest BCUT2D eigenvalue weighted by atomic mass is 10.0. The fraction of sp³-hybridized carbons (Fsp3) is 0.261. The molecule has 3 aromatic rings. The number of nitrogens with one attached hydrogen (secondary N) is 1. The first kappa shape index (κ1) is 18.0. The van der Waals surface area contributed by atoms with Gasteiger partial charge in [0.1, 0.15) is 0 Å².